The van der Waals surface area contributed by atoms with E-state index in [1.165, 1.54) is 0 Å². The van der Waals surface area contributed by atoms with Gasteiger partial charge in [-0.05, 0) is 42.8 Å². The van der Waals surface area contributed by atoms with Crippen molar-refractivity contribution in [2.24, 2.45) is 5.73 Å². The molecule has 1 heterocycles. The topological polar surface area (TPSA) is 90.0 Å². The summed E-state index contributed by atoms with van der Waals surface area (Å²) in [7, 11) is 0. The van der Waals surface area contributed by atoms with Crippen molar-refractivity contribution < 1.29 is 9.59 Å². The Morgan fingerprint density at radius 2 is 1.63 bits per heavy atom. The summed E-state index contributed by atoms with van der Waals surface area (Å²) in [5.74, 6) is -1.17. The molecule has 3 aromatic carbocycles. The second-order valence-corrected chi connectivity index (χ2v) is 9.23. The Labute approximate surface area is 217 Å². The Hall–Kier alpha value is -3.32. The molecule has 0 aliphatic heterocycles. The summed E-state index contributed by atoms with van der Waals surface area (Å²) >= 11 is 18.6. The number of aromatic nitrogens is 2. The molecule has 4 rings (SSSR count). The number of nitrogens with zero attached hydrogens (tertiary/aromatic N) is 2. The molecule has 0 radical (unpaired) electrons. The van der Waals surface area contributed by atoms with Crippen LogP contribution in [0.25, 0.3) is 16.9 Å². The van der Waals surface area contributed by atoms with Crippen LogP contribution in [0.3, 0.4) is 0 Å². The van der Waals surface area contributed by atoms with Crippen LogP contribution in [-0.2, 0) is 11.2 Å². The number of halogens is 3. The van der Waals surface area contributed by atoms with E-state index in [-0.39, 0.29) is 12.1 Å². The maximum absolute atomic E-state index is 13.3. The van der Waals surface area contributed by atoms with E-state index in [0.29, 0.717) is 32.0 Å². The van der Waals surface area contributed by atoms with Crippen molar-refractivity contribution in [1.82, 2.24) is 15.1 Å². The first-order valence-electron chi connectivity index (χ1n) is 10.7. The molecule has 9 heteroatoms. The summed E-state index contributed by atoms with van der Waals surface area (Å²) < 4.78 is 1.59. The lowest BCUT2D eigenvalue weighted by atomic mass is 10.0. The van der Waals surface area contributed by atoms with E-state index in [4.69, 9.17) is 40.5 Å². The Kier molecular flexibility index (Phi) is 7.45. The van der Waals surface area contributed by atoms with Gasteiger partial charge in [0.05, 0.1) is 16.4 Å². The lowest BCUT2D eigenvalue weighted by Crippen LogP contribution is -2.46. The molecule has 0 unspecified atom stereocenters. The normalized spacial score (nSPS) is 11.8. The molecule has 1 atom stereocenters. The van der Waals surface area contributed by atoms with Crippen LogP contribution in [0.1, 0.15) is 21.6 Å². The SMILES string of the molecule is Cc1c(C(=O)N[C@@H](Cc2ccccc2)C(N)=O)nn(-c2ccc(Cl)cc2Cl)c1-c1ccc(Cl)cc1. The van der Waals surface area contributed by atoms with Gasteiger partial charge in [0.25, 0.3) is 5.91 Å². The molecule has 2 amide bonds. The van der Waals surface area contributed by atoms with Crippen LogP contribution in [0.2, 0.25) is 15.1 Å². The van der Waals surface area contributed by atoms with Crippen molar-refractivity contribution in [3.63, 3.8) is 0 Å². The van der Waals surface area contributed by atoms with E-state index in [2.05, 4.69) is 10.4 Å². The maximum Gasteiger partial charge on any atom is 0.272 e. The molecular formula is C26H21Cl3N4O2. The molecule has 0 spiro atoms. The molecule has 6 nitrogen and oxygen atoms in total. The number of carbonyl (C=O) groups excluding carboxylic acids is 2. The van der Waals surface area contributed by atoms with Crippen molar-refractivity contribution in [3.8, 4) is 16.9 Å². The number of carbonyl (C=O) groups is 2. The van der Waals surface area contributed by atoms with Gasteiger partial charge in [-0.15, -0.1) is 0 Å². The van der Waals surface area contributed by atoms with Crippen LogP contribution in [-0.4, -0.2) is 27.6 Å². The molecular weight excluding hydrogens is 507 g/mol. The molecule has 0 saturated carbocycles. The highest BCUT2D eigenvalue weighted by molar-refractivity contribution is 6.35. The first kappa shape index (κ1) is 24.8. The van der Waals surface area contributed by atoms with Gasteiger partial charge in [-0.2, -0.15) is 5.10 Å². The molecule has 178 valence electrons. The average molecular weight is 528 g/mol. The van der Waals surface area contributed by atoms with E-state index in [1.807, 2.05) is 42.5 Å². The fourth-order valence-corrected chi connectivity index (χ4v) is 4.40. The molecule has 0 fully saturated rings. The van der Waals surface area contributed by atoms with Gasteiger partial charge in [0.15, 0.2) is 5.69 Å². The second kappa shape index (κ2) is 10.5. The van der Waals surface area contributed by atoms with Crippen molar-refractivity contribution >= 4 is 46.6 Å². The number of amides is 2. The fraction of sp³-hybridized carbons (Fsp3) is 0.115. The summed E-state index contributed by atoms with van der Waals surface area (Å²) in [6.45, 7) is 1.78. The molecule has 0 aliphatic carbocycles. The van der Waals surface area contributed by atoms with Gasteiger partial charge in [-0.3, -0.25) is 9.59 Å². The zero-order valence-corrected chi connectivity index (χ0v) is 20.9. The van der Waals surface area contributed by atoms with E-state index < -0.39 is 17.9 Å². The highest BCUT2D eigenvalue weighted by Gasteiger charge is 2.26. The molecule has 4 aromatic rings. The van der Waals surface area contributed by atoms with Gasteiger partial charge in [0.1, 0.15) is 6.04 Å². The summed E-state index contributed by atoms with van der Waals surface area (Å²) in [5, 5.41) is 8.72. The van der Waals surface area contributed by atoms with Gasteiger partial charge < -0.3 is 11.1 Å². The van der Waals surface area contributed by atoms with Gasteiger partial charge in [0.2, 0.25) is 5.91 Å². The van der Waals surface area contributed by atoms with Gasteiger partial charge in [-0.1, -0.05) is 77.3 Å². The summed E-state index contributed by atoms with van der Waals surface area (Å²) in [6, 6.07) is 20.6. The van der Waals surface area contributed by atoms with Gasteiger partial charge >= 0.3 is 0 Å². The first-order chi connectivity index (χ1) is 16.7. The molecule has 1 aromatic heterocycles. The standard InChI is InChI=1S/C26H21Cl3N4O2/c1-15-23(26(35)31-21(25(30)34)13-16-5-3-2-4-6-16)32-33(22-12-11-19(28)14-20(22)29)24(15)17-7-9-18(27)10-8-17/h2-12,14,21H,13H2,1H3,(H2,30,34)(H,31,35)/t21-/m0/s1. The minimum absolute atomic E-state index is 0.139. The Bertz CT molecular complexity index is 1390. The summed E-state index contributed by atoms with van der Waals surface area (Å²) in [6.07, 6.45) is 0.259. The molecule has 0 aliphatic rings. The molecule has 3 N–H and O–H groups in total. The lowest BCUT2D eigenvalue weighted by Gasteiger charge is -2.15. The maximum atomic E-state index is 13.3. The van der Waals surface area contributed by atoms with Crippen LogP contribution in [0.5, 0.6) is 0 Å². The molecule has 0 saturated heterocycles. The van der Waals surface area contributed by atoms with E-state index >= 15 is 0 Å². The Morgan fingerprint density at radius 1 is 0.971 bits per heavy atom. The van der Waals surface area contributed by atoms with Crippen molar-refractivity contribution in [2.45, 2.75) is 19.4 Å². The third kappa shape index (κ3) is 5.51. The van der Waals surface area contributed by atoms with Crippen LogP contribution in [0.15, 0.2) is 72.8 Å². The lowest BCUT2D eigenvalue weighted by molar-refractivity contribution is -0.119. The average Bonchev–Trinajstić information content (AvgIpc) is 3.16. The fourth-order valence-electron chi connectivity index (χ4n) is 3.78. The van der Waals surface area contributed by atoms with E-state index in [0.717, 1.165) is 11.1 Å². The van der Waals surface area contributed by atoms with Gasteiger partial charge in [-0.25, -0.2) is 4.68 Å². The zero-order chi connectivity index (χ0) is 25.1. The monoisotopic (exact) mass is 526 g/mol. The smallest absolute Gasteiger partial charge is 0.272 e. The van der Waals surface area contributed by atoms with Gasteiger partial charge in [0, 0.05) is 27.6 Å². The molecule has 0 bridgehead atoms. The third-order valence-corrected chi connectivity index (χ3v) is 6.31. The Balaban J connectivity index is 1.76. The molecule has 35 heavy (non-hydrogen) atoms. The van der Waals surface area contributed by atoms with Crippen LogP contribution in [0.4, 0.5) is 0 Å². The van der Waals surface area contributed by atoms with E-state index in [1.54, 1.807) is 41.9 Å². The van der Waals surface area contributed by atoms with Crippen LogP contribution in [0, 0.1) is 6.92 Å². The van der Waals surface area contributed by atoms with E-state index in [9.17, 15) is 9.59 Å². The van der Waals surface area contributed by atoms with Crippen LogP contribution >= 0.6 is 34.8 Å². The number of hydrogen-bond acceptors (Lipinski definition) is 3. The van der Waals surface area contributed by atoms with Crippen molar-refractivity contribution in [3.05, 3.63) is 105 Å². The predicted molar refractivity (Wildman–Crippen MR) is 139 cm³/mol. The Morgan fingerprint density at radius 3 is 2.26 bits per heavy atom. The summed E-state index contributed by atoms with van der Waals surface area (Å²) in [5.41, 5.74) is 9.16. The number of nitrogens with two attached hydrogens (primary N) is 1. The first-order valence-corrected chi connectivity index (χ1v) is 11.8. The number of nitrogens with one attached hydrogen (secondary N) is 1. The quantitative estimate of drug-likeness (QED) is 0.326. The third-order valence-electron chi connectivity index (χ3n) is 5.52. The minimum Gasteiger partial charge on any atom is -0.368 e. The highest BCUT2D eigenvalue weighted by Crippen LogP contribution is 2.33. The number of primary amides is 1. The zero-order valence-electron chi connectivity index (χ0n) is 18.6. The number of rotatable bonds is 7. The van der Waals surface area contributed by atoms with Crippen LogP contribution < -0.4 is 11.1 Å². The largest absolute Gasteiger partial charge is 0.368 e. The van der Waals surface area contributed by atoms with Crippen molar-refractivity contribution in [2.75, 3.05) is 0 Å². The summed E-state index contributed by atoms with van der Waals surface area (Å²) in [4.78, 5) is 25.4. The number of hydrogen-bond donors (Lipinski definition) is 2. The second-order valence-electron chi connectivity index (χ2n) is 7.95. The van der Waals surface area contributed by atoms with Crippen molar-refractivity contribution in [1.29, 1.82) is 0 Å². The minimum atomic E-state index is -0.910. The highest BCUT2D eigenvalue weighted by atomic mass is 35.5. The predicted octanol–water partition coefficient (Wildman–Crippen LogP) is 5.63. The number of benzene rings is 3.